The first-order valence-corrected chi connectivity index (χ1v) is 11.8. The van der Waals surface area contributed by atoms with Crippen LogP contribution in [0.3, 0.4) is 0 Å². The molecule has 1 saturated heterocycles. The van der Waals surface area contributed by atoms with Gasteiger partial charge in [0.25, 0.3) is 0 Å². The second-order valence-electron chi connectivity index (χ2n) is 8.32. The van der Waals surface area contributed by atoms with Crippen LogP contribution in [0.4, 0.5) is 0 Å². The molecule has 8 heteroatoms. The van der Waals surface area contributed by atoms with Crippen LogP contribution in [0.5, 0.6) is 0 Å². The molecule has 7 nitrogen and oxygen atoms in total. The number of hydrogen-bond acceptors (Lipinski definition) is 4. The number of likely N-dealkylation sites (N-methyl/N-ethyl adjacent to an activating group) is 1. The van der Waals surface area contributed by atoms with Crippen LogP contribution in [0.15, 0.2) is 4.99 Å². The van der Waals surface area contributed by atoms with Gasteiger partial charge in [-0.2, -0.15) is 0 Å². The molecule has 1 heterocycles. The van der Waals surface area contributed by atoms with E-state index in [1.54, 1.807) is 7.05 Å². The van der Waals surface area contributed by atoms with Gasteiger partial charge in [0.2, 0.25) is 5.91 Å². The zero-order chi connectivity index (χ0) is 20.7. The van der Waals surface area contributed by atoms with Crippen LogP contribution >= 0.6 is 24.0 Å². The van der Waals surface area contributed by atoms with Gasteiger partial charge in [0, 0.05) is 45.9 Å². The van der Waals surface area contributed by atoms with Crippen LogP contribution in [0.2, 0.25) is 0 Å². The first-order chi connectivity index (χ1) is 14.2. The van der Waals surface area contributed by atoms with Crippen LogP contribution in [0.25, 0.3) is 0 Å². The van der Waals surface area contributed by atoms with Crippen LogP contribution in [0.1, 0.15) is 71.1 Å². The van der Waals surface area contributed by atoms with E-state index in [-0.39, 0.29) is 29.9 Å². The maximum atomic E-state index is 11.5. The predicted octanol–water partition coefficient (Wildman–Crippen LogP) is 2.89. The summed E-state index contributed by atoms with van der Waals surface area (Å²) in [5.41, 5.74) is 0. The number of rotatable bonds is 10. The van der Waals surface area contributed by atoms with Crippen molar-refractivity contribution in [3.8, 4) is 0 Å². The van der Waals surface area contributed by atoms with Gasteiger partial charge in [-0.15, -0.1) is 24.0 Å². The average molecular weight is 538 g/mol. The fraction of sp³-hybridized carbons (Fsp3) is 0.909. The minimum Gasteiger partial charge on any atom is -0.378 e. The molecule has 0 aromatic rings. The molecule has 2 aliphatic rings. The highest BCUT2D eigenvalue weighted by Crippen LogP contribution is 2.20. The topological polar surface area (TPSA) is 78.0 Å². The van der Waals surface area contributed by atoms with Gasteiger partial charge in [0.05, 0.1) is 12.6 Å². The van der Waals surface area contributed by atoms with Gasteiger partial charge in [-0.25, -0.2) is 0 Å². The Balaban J connectivity index is 0.00000450. The van der Waals surface area contributed by atoms with Crippen molar-refractivity contribution in [2.75, 3.05) is 46.4 Å². The van der Waals surface area contributed by atoms with Crippen molar-refractivity contribution in [3.05, 3.63) is 0 Å². The van der Waals surface area contributed by atoms with Gasteiger partial charge < -0.3 is 20.7 Å². The standard InChI is InChI=1S/C22H43N5O2.HI/c1-3-24-22(26-19-12-15-27(16-13-19)18-21(28)23-2)25-14-8-9-17-29-20-10-6-4-5-7-11-20;/h19-20H,3-18H2,1-2H3,(H,23,28)(H2,24,25,26);1H. The van der Waals surface area contributed by atoms with Crippen molar-refractivity contribution < 1.29 is 9.53 Å². The molecule has 0 radical (unpaired) electrons. The quantitative estimate of drug-likeness (QED) is 0.131. The number of hydrogen-bond donors (Lipinski definition) is 3. The number of likely N-dealkylation sites (tertiary alicyclic amines) is 1. The van der Waals surface area contributed by atoms with E-state index in [1.165, 1.54) is 38.5 Å². The van der Waals surface area contributed by atoms with Gasteiger partial charge >= 0.3 is 0 Å². The van der Waals surface area contributed by atoms with Crippen molar-refractivity contribution in [3.63, 3.8) is 0 Å². The Hall–Kier alpha value is -0.610. The summed E-state index contributed by atoms with van der Waals surface area (Å²) in [5, 5.41) is 9.63. The van der Waals surface area contributed by atoms with E-state index in [0.29, 0.717) is 18.7 Å². The number of nitrogens with one attached hydrogen (secondary N) is 3. The van der Waals surface area contributed by atoms with Crippen molar-refractivity contribution in [1.29, 1.82) is 0 Å². The summed E-state index contributed by atoms with van der Waals surface area (Å²) in [6.45, 7) is 7.06. The molecule has 0 aromatic carbocycles. The van der Waals surface area contributed by atoms with Gasteiger partial charge in [-0.1, -0.05) is 25.7 Å². The fourth-order valence-corrected chi connectivity index (χ4v) is 4.09. The maximum Gasteiger partial charge on any atom is 0.233 e. The third-order valence-electron chi connectivity index (χ3n) is 5.90. The molecule has 2 fully saturated rings. The lowest BCUT2D eigenvalue weighted by atomic mass is 10.1. The lowest BCUT2D eigenvalue weighted by Gasteiger charge is -2.32. The molecule has 0 spiro atoms. The van der Waals surface area contributed by atoms with E-state index < -0.39 is 0 Å². The monoisotopic (exact) mass is 537 g/mol. The van der Waals surface area contributed by atoms with Gasteiger partial charge in [0.1, 0.15) is 0 Å². The second-order valence-corrected chi connectivity index (χ2v) is 8.32. The second kappa shape index (κ2) is 17.0. The average Bonchev–Trinajstić information content (AvgIpc) is 3.01. The Kier molecular flexibility index (Phi) is 15.5. The lowest BCUT2D eigenvalue weighted by Crippen LogP contribution is -2.50. The van der Waals surface area contributed by atoms with Crippen LogP contribution in [0, 0.1) is 0 Å². The summed E-state index contributed by atoms with van der Waals surface area (Å²) in [6, 6.07) is 0.423. The Morgan fingerprint density at radius 1 is 1.07 bits per heavy atom. The molecule has 1 saturated carbocycles. The van der Waals surface area contributed by atoms with Crippen molar-refractivity contribution in [1.82, 2.24) is 20.9 Å². The summed E-state index contributed by atoms with van der Waals surface area (Å²) in [6.07, 6.45) is 12.6. The summed E-state index contributed by atoms with van der Waals surface area (Å²) in [4.78, 5) is 18.5. The molecule has 176 valence electrons. The molecule has 1 aliphatic carbocycles. The SMILES string of the molecule is CCNC(=NCCCCOC1CCCCCC1)NC1CCN(CC(=O)NC)CC1.I. The first kappa shape index (κ1) is 27.4. The Bertz CT molecular complexity index is 476. The third-order valence-corrected chi connectivity index (χ3v) is 5.90. The Labute approximate surface area is 200 Å². The number of ether oxygens (including phenoxy) is 1. The van der Waals surface area contributed by atoms with Crippen molar-refractivity contribution >= 4 is 35.8 Å². The number of unbranched alkanes of at least 4 members (excludes halogenated alkanes) is 1. The minimum atomic E-state index is 0. The Morgan fingerprint density at radius 3 is 2.40 bits per heavy atom. The number of halogens is 1. The normalized spacial score (nSPS) is 19.6. The number of guanidine groups is 1. The molecular weight excluding hydrogens is 493 g/mol. The molecule has 3 N–H and O–H groups in total. The summed E-state index contributed by atoms with van der Waals surface area (Å²) >= 11 is 0. The van der Waals surface area contributed by atoms with Crippen LogP contribution < -0.4 is 16.0 Å². The zero-order valence-corrected chi connectivity index (χ0v) is 21.4. The first-order valence-electron chi connectivity index (χ1n) is 11.8. The van der Waals surface area contributed by atoms with E-state index in [1.807, 2.05) is 0 Å². The van der Waals surface area contributed by atoms with E-state index in [0.717, 1.165) is 64.4 Å². The number of nitrogens with zero attached hydrogens (tertiary/aromatic N) is 2. The lowest BCUT2D eigenvalue weighted by molar-refractivity contribution is -0.122. The summed E-state index contributed by atoms with van der Waals surface area (Å²) in [7, 11) is 1.69. The number of amides is 1. The molecular formula is C22H44IN5O2. The summed E-state index contributed by atoms with van der Waals surface area (Å²) in [5.74, 6) is 1.01. The molecule has 2 rings (SSSR count). The largest absolute Gasteiger partial charge is 0.378 e. The third kappa shape index (κ3) is 11.7. The smallest absolute Gasteiger partial charge is 0.233 e. The highest BCUT2D eigenvalue weighted by molar-refractivity contribution is 14.0. The summed E-state index contributed by atoms with van der Waals surface area (Å²) < 4.78 is 6.07. The molecule has 0 aromatic heterocycles. The highest BCUT2D eigenvalue weighted by Gasteiger charge is 2.21. The van der Waals surface area contributed by atoms with E-state index in [9.17, 15) is 4.79 Å². The van der Waals surface area contributed by atoms with Gasteiger partial charge in [-0.3, -0.25) is 14.7 Å². The molecule has 1 amide bonds. The van der Waals surface area contributed by atoms with E-state index >= 15 is 0 Å². The van der Waals surface area contributed by atoms with Gasteiger partial charge in [0.15, 0.2) is 5.96 Å². The zero-order valence-electron chi connectivity index (χ0n) is 19.1. The number of piperidine rings is 1. The molecule has 0 atom stereocenters. The number of carbonyl (C=O) groups is 1. The molecule has 0 unspecified atom stereocenters. The molecule has 30 heavy (non-hydrogen) atoms. The predicted molar refractivity (Wildman–Crippen MR) is 135 cm³/mol. The number of aliphatic imine (C=N–C) groups is 1. The van der Waals surface area contributed by atoms with Crippen molar-refractivity contribution in [2.24, 2.45) is 4.99 Å². The van der Waals surface area contributed by atoms with Crippen LogP contribution in [-0.4, -0.2) is 75.3 Å². The van der Waals surface area contributed by atoms with Crippen molar-refractivity contribution in [2.45, 2.75) is 83.3 Å². The van der Waals surface area contributed by atoms with Crippen LogP contribution in [-0.2, 0) is 9.53 Å². The fourth-order valence-electron chi connectivity index (χ4n) is 4.09. The van der Waals surface area contributed by atoms with E-state index in [2.05, 4.69) is 27.8 Å². The van der Waals surface area contributed by atoms with Gasteiger partial charge in [-0.05, 0) is 45.4 Å². The number of carbonyl (C=O) groups excluding carboxylic acids is 1. The Morgan fingerprint density at radius 2 is 1.77 bits per heavy atom. The highest BCUT2D eigenvalue weighted by atomic mass is 127. The minimum absolute atomic E-state index is 0. The molecule has 1 aliphatic heterocycles. The van der Waals surface area contributed by atoms with E-state index in [4.69, 9.17) is 9.73 Å². The maximum absolute atomic E-state index is 11.5. The molecule has 0 bridgehead atoms.